The number of benzene rings is 1. The lowest BCUT2D eigenvalue weighted by Gasteiger charge is -2.37. The molecule has 1 saturated carbocycles. The normalized spacial score (nSPS) is 19.5. The first-order chi connectivity index (χ1) is 7.91. The molecule has 0 unspecified atom stereocenters. The van der Waals surface area contributed by atoms with Crippen molar-refractivity contribution in [2.45, 2.75) is 38.0 Å². The first-order valence-corrected chi connectivity index (χ1v) is 6.79. The molecule has 0 radical (unpaired) electrons. The highest BCUT2D eigenvalue weighted by Crippen LogP contribution is 2.42. The molecule has 17 heavy (non-hydrogen) atoms. The molecule has 1 heteroatoms. The van der Waals surface area contributed by atoms with E-state index in [0.29, 0.717) is 5.41 Å². The number of rotatable bonds is 3. The second kappa shape index (κ2) is 4.45. The molecule has 0 aromatic heterocycles. The maximum Gasteiger partial charge on any atom is 0.0878 e. The van der Waals surface area contributed by atoms with E-state index in [1.165, 1.54) is 37.8 Å². The van der Waals surface area contributed by atoms with Gasteiger partial charge in [0, 0.05) is 5.41 Å². The minimum Gasteiger partial charge on any atom is -0.330 e. The lowest BCUT2D eigenvalue weighted by atomic mass is 9.78. The molecule has 1 aliphatic rings. The van der Waals surface area contributed by atoms with Gasteiger partial charge < -0.3 is 4.48 Å². The lowest BCUT2D eigenvalue weighted by molar-refractivity contribution is -0.874. The summed E-state index contributed by atoms with van der Waals surface area (Å²) in [5.41, 5.74) is 3.37. The predicted octanol–water partition coefficient (Wildman–Crippen LogP) is 3.51. The van der Waals surface area contributed by atoms with E-state index in [0.717, 1.165) is 4.48 Å². The number of quaternary nitrogens is 1. The number of aryl methyl sites for hydroxylation is 1. The predicted molar refractivity (Wildman–Crippen MR) is 74.2 cm³/mol. The van der Waals surface area contributed by atoms with Gasteiger partial charge in [-0.1, -0.05) is 42.7 Å². The van der Waals surface area contributed by atoms with Gasteiger partial charge in [-0.05, 0) is 25.3 Å². The molecule has 0 amide bonds. The Morgan fingerprint density at radius 2 is 1.53 bits per heavy atom. The van der Waals surface area contributed by atoms with Gasteiger partial charge in [-0.25, -0.2) is 0 Å². The maximum atomic E-state index is 2.36. The van der Waals surface area contributed by atoms with Crippen molar-refractivity contribution in [3.63, 3.8) is 0 Å². The molecular formula is C16H26N+. The Hall–Kier alpha value is -0.820. The summed E-state index contributed by atoms with van der Waals surface area (Å²) < 4.78 is 1.06. The number of hydrogen-bond acceptors (Lipinski definition) is 0. The average molecular weight is 232 g/mol. The molecule has 0 spiro atoms. The third kappa shape index (κ3) is 2.90. The summed E-state index contributed by atoms with van der Waals surface area (Å²) in [6, 6.07) is 9.25. The molecule has 2 rings (SSSR count). The van der Waals surface area contributed by atoms with Gasteiger partial charge in [0.15, 0.2) is 0 Å². The van der Waals surface area contributed by atoms with E-state index in [2.05, 4.69) is 52.3 Å². The van der Waals surface area contributed by atoms with Gasteiger partial charge >= 0.3 is 0 Å². The fourth-order valence-corrected chi connectivity index (χ4v) is 3.40. The van der Waals surface area contributed by atoms with Crippen molar-refractivity contribution in [2.75, 3.05) is 27.7 Å². The van der Waals surface area contributed by atoms with Crippen LogP contribution in [-0.4, -0.2) is 32.2 Å². The summed E-state index contributed by atoms with van der Waals surface area (Å²) in [6.45, 7) is 3.43. The van der Waals surface area contributed by atoms with Crippen molar-refractivity contribution in [1.82, 2.24) is 0 Å². The van der Waals surface area contributed by atoms with Gasteiger partial charge in [-0.15, -0.1) is 0 Å². The first kappa shape index (κ1) is 12.6. The van der Waals surface area contributed by atoms with Crippen LogP contribution in [0.2, 0.25) is 0 Å². The zero-order chi connectivity index (χ0) is 12.5. The zero-order valence-corrected chi connectivity index (χ0v) is 11.8. The smallest absolute Gasteiger partial charge is 0.0878 e. The van der Waals surface area contributed by atoms with E-state index in [1.807, 2.05) is 0 Å². The fourth-order valence-electron chi connectivity index (χ4n) is 3.40. The molecule has 0 heterocycles. The number of nitrogens with zero attached hydrogens (tertiary/aromatic N) is 1. The second-order valence-electron chi connectivity index (χ2n) is 6.80. The minimum atomic E-state index is 0.436. The Bertz CT molecular complexity index is 364. The number of likely N-dealkylation sites (N-methyl/N-ethyl adjacent to an activating group) is 1. The van der Waals surface area contributed by atoms with Crippen LogP contribution in [0.25, 0.3) is 0 Å². The summed E-state index contributed by atoms with van der Waals surface area (Å²) in [5.74, 6) is 0. The van der Waals surface area contributed by atoms with Crippen molar-refractivity contribution < 1.29 is 4.48 Å². The monoisotopic (exact) mass is 232 g/mol. The molecule has 1 aliphatic carbocycles. The molecule has 0 N–H and O–H groups in total. The Balaban J connectivity index is 2.31. The van der Waals surface area contributed by atoms with Crippen LogP contribution in [0.1, 0.15) is 36.8 Å². The molecule has 0 saturated heterocycles. The topological polar surface area (TPSA) is 0 Å². The fraction of sp³-hybridized carbons (Fsp3) is 0.625. The Morgan fingerprint density at radius 3 is 2.00 bits per heavy atom. The van der Waals surface area contributed by atoms with Gasteiger partial charge in [-0.3, -0.25) is 0 Å². The van der Waals surface area contributed by atoms with Crippen LogP contribution in [0.4, 0.5) is 0 Å². The molecule has 1 aromatic rings. The van der Waals surface area contributed by atoms with Gasteiger partial charge in [0.2, 0.25) is 0 Å². The maximum absolute atomic E-state index is 2.36. The molecule has 1 nitrogen and oxygen atoms in total. The summed E-state index contributed by atoms with van der Waals surface area (Å²) in [5, 5.41) is 0. The van der Waals surface area contributed by atoms with Crippen molar-refractivity contribution >= 4 is 0 Å². The summed E-state index contributed by atoms with van der Waals surface area (Å²) >= 11 is 0. The Kier molecular flexibility index (Phi) is 3.31. The van der Waals surface area contributed by atoms with Crippen LogP contribution in [0.15, 0.2) is 24.3 Å². The third-order valence-corrected chi connectivity index (χ3v) is 4.00. The molecule has 94 valence electrons. The largest absolute Gasteiger partial charge is 0.330 e. The summed E-state index contributed by atoms with van der Waals surface area (Å²) in [4.78, 5) is 0. The highest BCUT2D eigenvalue weighted by Gasteiger charge is 2.40. The highest BCUT2D eigenvalue weighted by molar-refractivity contribution is 5.29. The SMILES string of the molecule is Cc1ccc(C2(C[N+](C)(C)C)CCCC2)cc1. The molecule has 0 aliphatic heterocycles. The Morgan fingerprint density at radius 1 is 1.00 bits per heavy atom. The number of hydrogen-bond donors (Lipinski definition) is 0. The van der Waals surface area contributed by atoms with E-state index < -0.39 is 0 Å². The summed E-state index contributed by atoms with van der Waals surface area (Å²) in [6.07, 6.45) is 5.53. The van der Waals surface area contributed by atoms with Crippen LogP contribution in [0.3, 0.4) is 0 Å². The van der Waals surface area contributed by atoms with Crippen LogP contribution < -0.4 is 0 Å². The van der Waals surface area contributed by atoms with Crippen molar-refractivity contribution in [3.05, 3.63) is 35.4 Å². The van der Waals surface area contributed by atoms with Crippen molar-refractivity contribution in [3.8, 4) is 0 Å². The minimum absolute atomic E-state index is 0.436. The van der Waals surface area contributed by atoms with E-state index in [-0.39, 0.29) is 0 Å². The standard InChI is InChI=1S/C16H26N/c1-14-7-9-15(10-8-14)16(11-5-6-12-16)13-17(2,3)4/h7-10H,5-6,11-13H2,1-4H3/q+1. The Labute approximate surface area is 106 Å². The van der Waals surface area contributed by atoms with E-state index >= 15 is 0 Å². The molecule has 0 atom stereocenters. The van der Waals surface area contributed by atoms with Gasteiger partial charge in [0.05, 0.1) is 27.7 Å². The highest BCUT2D eigenvalue weighted by atomic mass is 15.3. The molecule has 1 aromatic carbocycles. The molecule has 0 bridgehead atoms. The van der Waals surface area contributed by atoms with Crippen LogP contribution >= 0.6 is 0 Å². The zero-order valence-electron chi connectivity index (χ0n) is 11.8. The van der Waals surface area contributed by atoms with Crippen molar-refractivity contribution in [2.24, 2.45) is 0 Å². The van der Waals surface area contributed by atoms with Crippen LogP contribution in [0, 0.1) is 6.92 Å². The molecular weight excluding hydrogens is 206 g/mol. The first-order valence-electron chi connectivity index (χ1n) is 6.79. The van der Waals surface area contributed by atoms with Crippen molar-refractivity contribution in [1.29, 1.82) is 0 Å². The van der Waals surface area contributed by atoms with E-state index in [1.54, 1.807) is 5.56 Å². The second-order valence-corrected chi connectivity index (χ2v) is 6.80. The lowest BCUT2D eigenvalue weighted by Crippen LogP contribution is -2.46. The van der Waals surface area contributed by atoms with Gasteiger partial charge in [0.25, 0.3) is 0 Å². The van der Waals surface area contributed by atoms with E-state index in [4.69, 9.17) is 0 Å². The average Bonchev–Trinajstić information content (AvgIpc) is 2.65. The van der Waals surface area contributed by atoms with Gasteiger partial charge in [0.1, 0.15) is 0 Å². The summed E-state index contributed by atoms with van der Waals surface area (Å²) in [7, 11) is 6.94. The van der Waals surface area contributed by atoms with Crippen LogP contribution in [0.5, 0.6) is 0 Å². The molecule has 1 fully saturated rings. The quantitative estimate of drug-likeness (QED) is 0.700. The van der Waals surface area contributed by atoms with E-state index in [9.17, 15) is 0 Å². The van der Waals surface area contributed by atoms with Crippen LogP contribution in [-0.2, 0) is 5.41 Å². The third-order valence-electron chi connectivity index (χ3n) is 4.00. The van der Waals surface area contributed by atoms with Gasteiger partial charge in [-0.2, -0.15) is 0 Å².